The van der Waals surface area contributed by atoms with E-state index in [9.17, 15) is 0 Å². The standard InChI is InChI=1S/C13H13ClN.HI/c1-11-6-8-15(9-7-11)10-12-2-4-13(14)5-3-12;/h2-9H,10H2,1H3;1H/q+1;/p-1. The van der Waals surface area contributed by atoms with E-state index >= 15 is 0 Å². The Bertz CT molecular complexity index is 393. The molecule has 0 unspecified atom stereocenters. The van der Waals surface area contributed by atoms with Crippen LogP contribution in [0, 0.1) is 6.92 Å². The van der Waals surface area contributed by atoms with Gasteiger partial charge in [0, 0.05) is 22.7 Å². The first kappa shape index (κ1) is 13.5. The second kappa shape index (κ2) is 6.21. The largest absolute Gasteiger partial charge is 1.00 e. The van der Waals surface area contributed by atoms with Crippen molar-refractivity contribution in [2.24, 2.45) is 0 Å². The molecule has 0 aliphatic heterocycles. The minimum absolute atomic E-state index is 0. The van der Waals surface area contributed by atoms with Crippen molar-refractivity contribution in [2.75, 3.05) is 0 Å². The van der Waals surface area contributed by atoms with E-state index in [2.05, 4.69) is 48.1 Å². The summed E-state index contributed by atoms with van der Waals surface area (Å²) in [7, 11) is 0. The number of hydrogen-bond acceptors (Lipinski definition) is 0. The van der Waals surface area contributed by atoms with Gasteiger partial charge in [-0.05, 0) is 24.6 Å². The summed E-state index contributed by atoms with van der Waals surface area (Å²) in [4.78, 5) is 0. The van der Waals surface area contributed by atoms with E-state index in [-0.39, 0.29) is 24.0 Å². The van der Waals surface area contributed by atoms with Crippen molar-refractivity contribution >= 4 is 11.6 Å². The van der Waals surface area contributed by atoms with E-state index in [1.807, 2.05) is 12.1 Å². The summed E-state index contributed by atoms with van der Waals surface area (Å²) in [5.74, 6) is 0. The third-order valence-corrected chi connectivity index (χ3v) is 2.59. The fraction of sp³-hybridized carbons (Fsp3) is 0.154. The number of nitrogens with zero attached hydrogens (tertiary/aromatic N) is 1. The van der Waals surface area contributed by atoms with Gasteiger partial charge >= 0.3 is 0 Å². The zero-order valence-electron chi connectivity index (χ0n) is 9.03. The Kier molecular flexibility index (Phi) is 5.22. The Hall–Kier alpha value is -0.610. The van der Waals surface area contributed by atoms with Crippen molar-refractivity contribution in [3.8, 4) is 0 Å². The third kappa shape index (κ3) is 3.76. The maximum absolute atomic E-state index is 5.83. The van der Waals surface area contributed by atoms with Gasteiger partial charge in [-0.25, -0.2) is 4.57 Å². The van der Waals surface area contributed by atoms with Crippen LogP contribution in [-0.2, 0) is 6.54 Å². The first-order valence-corrected chi connectivity index (χ1v) is 5.32. The highest BCUT2D eigenvalue weighted by Crippen LogP contribution is 2.08. The number of halogens is 2. The average molecular weight is 346 g/mol. The summed E-state index contributed by atoms with van der Waals surface area (Å²) < 4.78 is 2.15. The maximum Gasteiger partial charge on any atom is 0.173 e. The lowest BCUT2D eigenvalue weighted by molar-refractivity contribution is -0.688. The normalized spacial score (nSPS) is 9.62. The van der Waals surface area contributed by atoms with Gasteiger partial charge in [0.15, 0.2) is 18.9 Å². The van der Waals surface area contributed by atoms with Gasteiger partial charge in [-0.2, -0.15) is 0 Å². The minimum atomic E-state index is 0. The SMILES string of the molecule is Cc1cc[n+](Cc2ccc(Cl)cc2)cc1.[I-]. The summed E-state index contributed by atoms with van der Waals surface area (Å²) in [6, 6.07) is 12.2. The summed E-state index contributed by atoms with van der Waals surface area (Å²) in [6.45, 7) is 2.98. The molecule has 0 amide bonds. The fourth-order valence-corrected chi connectivity index (χ4v) is 1.56. The van der Waals surface area contributed by atoms with E-state index in [1.165, 1.54) is 11.1 Å². The predicted octanol–water partition coefficient (Wildman–Crippen LogP) is -0.0118. The molecule has 0 aliphatic carbocycles. The molecule has 1 nitrogen and oxygen atoms in total. The topological polar surface area (TPSA) is 3.88 Å². The highest BCUT2D eigenvalue weighted by atomic mass is 127. The molecule has 1 aromatic carbocycles. The summed E-state index contributed by atoms with van der Waals surface area (Å²) in [6.07, 6.45) is 4.17. The van der Waals surface area contributed by atoms with Crippen molar-refractivity contribution in [2.45, 2.75) is 13.5 Å². The fourth-order valence-electron chi connectivity index (χ4n) is 1.44. The molecule has 0 N–H and O–H groups in total. The Morgan fingerprint density at radius 1 is 1.00 bits per heavy atom. The number of aromatic nitrogens is 1. The minimum Gasteiger partial charge on any atom is -1.00 e. The monoisotopic (exact) mass is 345 g/mol. The molecular formula is C13H13ClIN. The molecule has 1 heterocycles. The van der Waals surface area contributed by atoms with Crippen molar-refractivity contribution < 1.29 is 28.5 Å². The van der Waals surface area contributed by atoms with E-state index in [0.717, 1.165) is 11.6 Å². The van der Waals surface area contributed by atoms with Gasteiger partial charge < -0.3 is 24.0 Å². The van der Waals surface area contributed by atoms with E-state index in [0.29, 0.717) is 0 Å². The van der Waals surface area contributed by atoms with Crippen molar-refractivity contribution in [3.05, 3.63) is 64.9 Å². The number of aryl methyl sites for hydroxylation is 1. The molecule has 3 heteroatoms. The van der Waals surface area contributed by atoms with Crippen LogP contribution in [0.25, 0.3) is 0 Å². The number of benzene rings is 1. The van der Waals surface area contributed by atoms with Gasteiger partial charge in [-0.3, -0.25) is 0 Å². The van der Waals surface area contributed by atoms with Gasteiger partial charge in [0.2, 0.25) is 0 Å². The van der Waals surface area contributed by atoms with Crippen molar-refractivity contribution in [3.63, 3.8) is 0 Å². The van der Waals surface area contributed by atoms with Crippen LogP contribution in [0.1, 0.15) is 11.1 Å². The lowest BCUT2D eigenvalue weighted by atomic mass is 10.2. The van der Waals surface area contributed by atoms with Gasteiger partial charge in [-0.15, -0.1) is 0 Å². The van der Waals surface area contributed by atoms with E-state index < -0.39 is 0 Å². The first-order valence-electron chi connectivity index (χ1n) is 4.94. The molecule has 0 bridgehead atoms. The van der Waals surface area contributed by atoms with Gasteiger partial charge in [0.25, 0.3) is 0 Å². The quantitative estimate of drug-likeness (QED) is 0.532. The second-order valence-electron chi connectivity index (χ2n) is 3.67. The van der Waals surface area contributed by atoms with Gasteiger partial charge in [0.05, 0.1) is 0 Å². The highest BCUT2D eigenvalue weighted by molar-refractivity contribution is 6.30. The number of rotatable bonds is 2. The molecule has 16 heavy (non-hydrogen) atoms. The van der Waals surface area contributed by atoms with Crippen LogP contribution in [0.3, 0.4) is 0 Å². The van der Waals surface area contributed by atoms with Crippen LogP contribution in [0.4, 0.5) is 0 Å². The van der Waals surface area contributed by atoms with Crippen LogP contribution >= 0.6 is 11.6 Å². The Labute approximate surface area is 118 Å². The summed E-state index contributed by atoms with van der Waals surface area (Å²) in [5, 5.41) is 0.785. The molecular weight excluding hydrogens is 333 g/mol. The first-order chi connectivity index (χ1) is 7.24. The molecule has 0 saturated heterocycles. The summed E-state index contributed by atoms with van der Waals surface area (Å²) in [5.41, 5.74) is 2.54. The number of pyridine rings is 1. The molecule has 84 valence electrons. The van der Waals surface area contributed by atoms with Crippen LogP contribution < -0.4 is 28.5 Å². The molecule has 0 aliphatic rings. The smallest absolute Gasteiger partial charge is 0.173 e. The van der Waals surface area contributed by atoms with Crippen LogP contribution in [-0.4, -0.2) is 0 Å². The third-order valence-electron chi connectivity index (χ3n) is 2.34. The summed E-state index contributed by atoms with van der Waals surface area (Å²) >= 11 is 5.83. The lowest BCUT2D eigenvalue weighted by Gasteiger charge is -1.98. The molecule has 0 spiro atoms. The maximum atomic E-state index is 5.83. The molecule has 1 aromatic heterocycles. The zero-order chi connectivity index (χ0) is 10.7. The second-order valence-corrected chi connectivity index (χ2v) is 4.11. The van der Waals surface area contributed by atoms with E-state index in [4.69, 9.17) is 11.6 Å². The Morgan fingerprint density at radius 3 is 2.12 bits per heavy atom. The molecule has 0 atom stereocenters. The molecule has 0 saturated carbocycles. The van der Waals surface area contributed by atoms with Crippen molar-refractivity contribution in [1.29, 1.82) is 0 Å². The predicted molar refractivity (Wildman–Crippen MR) is 61.9 cm³/mol. The Morgan fingerprint density at radius 2 is 1.56 bits per heavy atom. The molecule has 2 rings (SSSR count). The molecule has 2 aromatic rings. The zero-order valence-corrected chi connectivity index (χ0v) is 11.9. The van der Waals surface area contributed by atoms with Crippen LogP contribution in [0.15, 0.2) is 48.8 Å². The van der Waals surface area contributed by atoms with Crippen LogP contribution in [0.2, 0.25) is 5.02 Å². The highest BCUT2D eigenvalue weighted by Gasteiger charge is 2.01. The molecule has 0 radical (unpaired) electrons. The lowest BCUT2D eigenvalue weighted by Crippen LogP contribution is -3.00. The van der Waals surface area contributed by atoms with Gasteiger partial charge in [0.1, 0.15) is 0 Å². The van der Waals surface area contributed by atoms with E-state index in [1.54, 1.807) is 0 Å². The van der Waals surface area contributed by atoms with Gasteiger partial charge in [-0.1, -0.05) is 23.7 Å². The average Bonchev–Trinajstić information content (AvgIpc) is 2.25. The van der Waals surface area contributed by atoms with Crippen LogP contribution in [0.5, 0.6) is 0 Å². The van der Waals surface area contributed by atoms with Crippen molar-refractivity contribution in [1.82, 2.24) is 0 Å². The Balaban J connectivity index is 0.00000128. The molecule has 0 fully saturated rings. The number of hydrogen-bond donors (Lipinski definition) is 0.